The molecule has 2 saturated carbocycles. The molecule has 0 radical (unpaired) electrons. The van der Waals surface area contributed by atoms with Gasteiger partial charge < -0.3 is 5.32 Å². The normalized spacial score (nSPS) is 32.1. The van der Waals surface area contributed by atoms with Crippen LogP contribution in [0.1, 0.15) is 54.0 Å². The van der Waals surface area contributed by atoms with Crippen LogP contribution in [-0.4, -0.2) is 6.54 Å². The summed E-state index contributed by atoms with van der Waals surface area (Å²) in [6.45, 7) is 7.84. The van der Waals surface area contributed by atoms with Gasteiger partial charge in [0.05, 0.1) is 0 Å². The third-order valence-electron chi connectivity index (χ3n) is 5.14. The fraction of sp³-hybridized carbons (Fsp3) is 0.750. The van der Waals surface area contributed by atoms with E-state index >= 15 is 0 Å². The molecule has 2 aliphatic carbocycles. The summed E-state index contributed by atoms with van der Waals surface area (Å²) in [5.74, 6) is 2.95. The second kappa shape index (κ2) is 4.97. The van der Waals surface area contributed by atoms with Gasteiger partial charge in [0.25, 0.3) is 0 Å². The van der Waals surface area contributed by atoms with Crippen LogP contribution in [0.25, 0.3) is 0 Å². The number of hydrogen-bond donors (Lipinski definition) is 1. The highest BCUT2D eigenvalue weighted by molar-refractivity contribution is 7.12. The van der Waals surface area contributed by atoms with Crippen LogP contribution < -0.4 is 5.32 Å². The third-order valence-corrected chi connectivity index (χ3v) is 6.37. The van der Waals surface area contributed by atoms with Gasteiger partial charge in [-0.1, -0.05) is 13.3 Å². The lowest BCUT2D eigenvalue weighted by atomic mass is 9.82. The summed E-state index contributed by atoms with van der Waals surface area (Å²) in [4.78, 5) is 3.08. The van der Waals surface area contributed by atoms with Crippen LogP contribution in [0.15, 0.2) is 6.07 Å². The van der Waals surface area contributed by atoms with Gasteiger partial charge in [-0.2, -0.15) is 0 Å². The van der Waals surface area contributed by atoms with E-state index < -0.39 is 0 Å². The third kappa shape index (κ3) is 2.14. The smallest absolute Gasteiger partial charge is 0.0446 e. The van der Waals surface area contributed by atoms with E-state index in [0.29, 0.717) is 6.04 Å². The van der Waals surface area contributed by atoms with Crippen LogP contribution in [0.4, 0.5) is 0 Å². The van der Waals surface area contributed by atoms with Crippen molar-refractivity contribution in [2.75, 3.05) is 6.54 Å². The van der Waals surface area contributed by atoms with Gasteiger partial charge in [-0.25, -0.2) is 0 Å². The van der Waals surface area contributed by atoms with Crippen molar-refractivity contribution in [2.45, 2.75) is 52.5 Å². The highest BCUT2D eigenvalue weighted by atomic mass is 32.1. The highest BCUT2D eigenvalue weighted by Crippen LogP contribution is 2.53. The molecule has 0 amide bonds. The molecule has 4 unspecified atom stereocenters. The SMILES string of the molecule is CCNC(c1cc(C)c(C)s1)C1CC2CCC1C2. The maximum atomic E-state index is 3.78. The van der Waals surface area contributed by atoms with Gasteiger partial charge in [0.15, 0.2) is 0 Å². The van der Waals surface area contributed by atoms with E-state index in [9.17, 15) is 0 Å². The Kier molecular flexibility index (Phi) is 3.50. The predicted octanol–water partition coefficient (Wildman–Crippen LogP) is 4.45. The maximum absolute atomic E-state index is 3.78. The molecule has 1 heterocycles. The molecule has 0 spiro atoms. The van der Waals surface area contributed by atoms with Gasteiger partial charge in [-0.15, -0.1) is 11.3 Å². The van der Waals surface area contributed by atoms with Crippen LogP contribution in [0.2, 0.25) is 0 Å². The summed E-state index contributed by atoms with van der Waals surface area (Å²) in [6, 6.07) is 3.06. The second-order valence-electron chi connectivity index (χ2n) is 6.26. The van der Waals surface area contributed by atoms with Crippen LogP contribution in [-0.2, 0) is 0 Å². The fourth-order valence-corrected chi connectivity index (χ4v) is 5.33. The molecular weight excluding hydrogens is 238 g/mol. The zero-order chi connectivity index (χ0) is 12.7. The summed E-state index contributed by atoms with van der Waals surface area (Å²) >= 11 is 2.01. The molecule has 2 bridgehead atoms. The second-order valence-corrected chi connectivity index (χ2v) is 7.55. The monoisotopic (exact) mass is 263 g/mol. The zero-order valence-electron chi connectivity index (χ0n) is 11.8. The quantitative estimate of drug-likeness (QED) is 0.846. The van der Waals surface area contributed by atoms with Crippen LogP contribution in [0.5, 0.6) is 0 Å². The summed E-state index contributed by atoms with van der Waals surface area (Å²) < 4.78 is 0. The molecule has 1 nitrogen and oxygen atoms in total. The van der Waals surface area contributed by atoms with E-state index in [1.807, 2.05) is 11.3 Å². The minimum absolute atomic E-state index is 0.628. The molecule has 1 aromatic heterocycles. The number of fused-ring (bicyclic) bond motifs is 2. The van der Waals surface area contributed by atoms with Crippen molar-refractivity contribution in [1.82, 2.24) is 5.32 Å². The Morgan fingerprint density at radius 2 is 2.17 bits per heavy atom. The van der Waals surface area contributed by atoms with Crippen LogP contribution in [0.3, 0.4) is 0 Å². The molecule has 2 aliphatic rings. The lowest BCUT2D eigenvalue weighted by molar-refractivity contribution is 0.256. The Labute approximate surface area is 115 Å². The summed E-state index contributed by atoms with van der Waals surface area (Å²) in [6.07, 6.45) is 5.97. The number of aryl methyl sites for hydroxylation is 2. The van der Waals surface area contributed by atoms with Crippen molar-refractivity contribution in [3.05, 3.63) is 21.4 Å². The number of rotatable bonds is 4. The van der Waals surface area contributed by atoms with Crippen LogP contribution in [0, 0.1) is 31.6 Å². The highest BCUT2D eigenvalue weighted by Gasteiger charge is 2.43. The number of thiophene rings is 1. The lowest BCUT2D eigenvalue weighted by Crippen LogP contribution is -2.30. The summed E-state index contributed by atoms with van der Waals surface area (Å²) in [5, 5.41) is 3.78. The molecule has 1 aromatic rings. The fourth-order valence-electron chi connectivity index (χ4n) is 4.14. The topological polar surface area (TPSA) is 12.0 Å². The Hall–Kier alpha value is -0.340. The first kappa shape index (κ1) is 12.7. The average Bonchev–Trinajstić information content (AvgIpc) is 3.03. The predicted molar refractivity (Wildman–Crippen MR) is 79.1 cm³/mol. The molecule has 2 heteroatoms. The number of hydrogen-bond acceptors (Lipinski definition) is 2. The summed E-state index contributed by atoms with van der Waals surface area (Å²) in [7, 11) is 0. The van der Waals surface area contributed by atoms with Crippen molar-refractivity contribution in [2.24, 2.45) is 17.8 Å². The molecule has 0 aliphatic heterocycles. The zero-order valence-corrected chi connectivity index (χ0v) is 12.6. The van der Waals surface area contributed by atoms with E-state index in [-0.39, 0.29) is 0 Å². The molecule has 18 heavy (non-hydrogen) atoms. The lowest BCUT2D eigenvalue weighted by Gasteiger charge is -2.30. The van der Waals surface area contributed by atoms with Gasteiger partial charge in [-0.05, 0) is 69.0 Å². The molecule has 0 saturated heterocycles. The average molecular weight is 263 g/mol. The summed E-state index contributed by atoms with van der Waals surface area (Å²) in [5.41, 5.74) is 1.47. The molecule has 2 fully saturated rings. The van der Waals surface area contributed by atoms with E-state index in [0.717, 1.165) is 24.3 Å². The Bertz CT molecular complexity index is 403. The molecule has 1 N–H and O–H groups in total. The van der Waals surface area contributed by atoms with Crippen LogP contribution >= 0.6 is 11.3 Å². The Balaban J connectivity index is 1.83. The molecular formula is C16H25NS. The van der Waals surface area contributed by atoms with Crippen molar-refractivity contribution < 1.29 is 0 Å². The Morgan fingerprint density at radius 3 is 2.67 bits per heavy atom. The Morgan fingerprint density at radius 1 is 1.33 bits per heavy atom. The van der Waals surface area contributed by atoms with Gasteiger partial charge in [0.1, 0.15) is 0 Å². The molecule has 0 aromatic carbocycles. The van der Waals surface area contributed by atoms with Crippen molar-refractivity contribution in [3.8, 4) is 0 Å². The van der Waals surface area contributed by atoms with Gasteiger partial charge >= 0.3 is 0 Å². The van der Waals surface area contributed by atoms with Crippen molar-refractivity contribution in [1.29, 1.82) is 0 Å². The molecule has 3 rings (SSSR count). The molecule has 100 valence electrons. The first-order valence-corrected chi connectivity index (χ1v) is 8.31. The van der Waals surface area contributed by atoms with Gasteiger partial charge in [-0.3, -0.25) is 0 Å². The minimum atomic E-state index is 0.628. The van der Waals surface area contributed by atoms with E-state index in [1.54, 1.807) is 4.88 Å². The largest absolute Gasteiger partial charge is 0.309 e. The van der Waals surface area contributed by atoms with E-state index in [1.165, 1.54) is 36.1 Å². The van der Waals surface area contributed by atoms with Crippen molar-refractivity contribution in [3.63, 3.8) is 0 Å². The van der Waals surface area contributed by atoms with E-state index in [2.05, 4.69) is 32.2 Å². The van der Waals surface area contributed by atoms with Gasteiger partial charge in [0.2, 0.25) is 0 Å². The maximum Gasteiger partial charge on any atom is 0.0446 e. The van der Waals surface area contributed by atoms with Gasteiger partial charge in [0, 0.05) is 15.8 Å². The van der Waals surface area contributed by atoms with E-state index in [4.69, 9.17) is 0 Å². The first-order valence-electron chi connectivity index (χ1n) is 7.49. The number of nitrogens with one attached hydrogen (secondary N) is 1. The van der Waals surface area contributed by atoms with Crippen molar-refractivity contribution >= 4 is 11.3 Å². The minimum Gasteiger partial charge on any atom is -0.309 e. The standard InChI is InChI=1S/C16H25NS/c1-4-17-16(15-7-10(2)11(3)18-15)14-9-12-5-6-13(14)8-12/h7,12-14,16-17H,4-6,8-9H2,1-3H3. The first-order chi connectivity index (χ1) is 8.69. The molecule has 4 atom stereocenters.